The maximum atomic E-state index is 11.8. The number of benzene rings is 2. The van der Waals surface area contributed by atoms with Crippen LogP contribution < -0.4 is 0 Å². The molecule has 2 aromatic carbocycles. The second kappa shape index (κ2) is 12.3. The van der Waals surface area contributed by atoms with Crippen LogP contribution in [0.2, 0.25) is 0 Å². The van der Waals surface area contributed by atoms with Crippen LogP contribution in [0.1, 0.15) is 19.4 Å². The number of azide groups is 1. The van der Waals surface area contributed by atoms with Gasteiger partial charge in [0.05, 0.1) is 6.61 Å². The lowest BCUT2D eigenvalue weighted by Gasteiger charge is -2.43. The van der Waals surface area contributed by atoms with Crippen molar-refractivity contribution in [2.75, 3.05) is 6.61 Å². The van der Waals surface area contributed by atoms with Crippen LogP contribution in [0.4, 0.5) is 0 Å². The van der Waals surface area contributed by atoms with E-state index in [1.165, 1.54) is 25.6 Å². The third kappa shape index (κ3) is 7.23. The molecule has 1 aliphatic heterocycles. The molecule has 1 saturated heterocycles. The fourth-order valence-electron chi connectivity index (χ4n) is 3.43. The molecule has 0 aromatic heterocycles. The predicted molar refractivity (Wildman–Crippen MR) is 121 cm³/mol. The van der Waals surface area contributed by atoms with E-state index in [1.807, 2.05) is 60.7 Å². The molecular weight excluding hydrogens is 446 g/mol. The zero-order chi connectivity index (χ0) is 23.6. The molecule has 0 bridgehead atoms. The van der Waals surface area contributed by atoms with Gasteiger partial charge in [0.1, 0.15) is 36.4 Å². The molecule has 5 atom stereocenters. The second-order valence-electron chi connectivity index (χ2n) is 7.31. The van der Waals surface area contributed by atoms with Gasteiger partial charge in [-0.05, 0) is 23.2 Å². The summed E-state index contributed by atoms with van der Waals surface area (Å²) in [6, 6.07) is 18.2. The van der Waals surface area contributed by atoms with Gasteiger partial charge in [-0.3, -0.25) is 9.59 Å². The van der Waals surface area contributed by atoms with Crippen molar-refractivity contribution in [1.82, 2.24) is 0 Å². The highest BCUT2D eigenvalue weighted by molar-refractivity contribution is 7.99. The first-order chi connectivity index (χ1) is 16.0. The summed E-state index contributed by atoms with van der Waals surface area (Å²) in [5.74, 6) is -1.08. The molecule has 0 aliphatic carbocycles. The van der Waals surface area contributed by atoms with Crippen molar-refractivity contribution in [1.29, 1.82) is 0 Å². The molecule has 1 heterocycles. The highest BCUT2D eigenvalue weighted by atomic mass is 32.2. The number of esters is 2. The van der Waals surface area contributed by atoms with Crippen LogP contribution in [0.15, 0.2) is 70.7 Å². The predicted octanol–water partition coefficient (Wildman–Crippen LogP) is 4.26. The molecule has 0 saturated carbocycles. The van der Waals surface area contributed by atoms with E-state index in [0.717, 1.165) is 10.5 Å². The van der Waals surface area contributed by atoms with Crippen molar-refractivity contribution in [3.8, 4) is 0 Å². The molecule has 2 unspecified atom stereocenters. The standard InChI is InChI=1S/C23H25N3O6S/c1-15(27)29-14-19-21(31-16(2)28)20(25-26-24)22(30-13-17-9-5-3-6-10-17)23(32-19)33-18-11-7-4-8-12-18/h3-12,19-23H,13-14H2,1-2H3/t19?,20-,21-,22?,23-/m0/s1. The molecule has 1 fully saturated rings. The summed E-state index contributed by atoms with van der Waals surface area (Å²) in [4.78, 5) is 27.1. The minimum absolute atomic E-state index is 0.165. The van der Waals surface area contributed by atoms with Gasteiger partial charge < -0.3 is 18.9 Å². The van der Waals surface area contributed by atoms with Crippen LogP contribution >= 0.6 is 11.8 Å². The average Bonchev–Trinajstić information content (AvgIpc) is 2.80. The molecular formula is C23H25N3O6S. The largest absolute Gasteiger partial charge is 0.463 e. The summed E-state index contributed by atoms with van der Waals surface area (Å²) in [7, 11) is 0. The van der Waals surface area contributed by atoms with E-state index >= 15 is 0 Å². The summed E-state index contributed by atoms with van der Waals surface area (Å²) in [5.41, 5.74) is 9.58. The van der Waals surface area contributed by atoms with Gasteiger partial charge >= 0.3 is 11.9 Å². The smallest absolute Gasteiger partial charge is 0.303 e. The zero-order valence-electron chi connectivity index (χ0n) is 18.3. The van der Waals surface area contributed by atoms with Crippen molar-refractivity contribution < 1.29 is 28.5 Å². The highest BCUT2D eigenvalue weighted by Crippen LogP contribution is 2.37. The minimum atomic E-state index is -0.994. The molecule has 174 valence electrons. The number of hydrogen-bond donors (Lipinski definition) is 0. The number of rotatable bonds is 9. The number of carbonyl (C=O) groups is 2. The van der Waals surface area contributed by atoms with E-state index in [4.69, 9.17) is 18.9 Å². The molecule has 0 amide bonds. The summed E-state index contributed by atoms with van der Waals surface area (Å²) in [6.45, 7) is 2.60. The summed E-state index contributed by atoms with van der Waals surface area (Å²) < 4.78 is 23.0. The van der Waals surface area contributed by atoms with E-state index in [0.29, 0.717) is 0 Å². The Labute approximate surface area is 196 Å². The highest BCUT2D eigenvalue weighted by Gasteiger charge is 2.49. The Balaban J connectivity index is 1.93. The maximum absolute atomic E-state index is 11.8. The molecule has 0 spiro atoms. The van der Waals surface area contributed by atoms with Crippen LogP contribution in [0, 0.1) is 0 Å². The van der Waals surface area contributed by atoms with Crippen LogP contribution in [-0.4, -0.2) is 48.3 Å². The Morgan fingerprint density at radius 3 is 2.30 bits per heavy atom. The number of ether oxygens (including phenoxy) is 4. The first-order valence-electron chi connectivity index (χ1n) is 10.4. The number of nitrogens with zero attached hydrogens (tertiary/aromatic N) is 3. The van der Waals surface area contributed by atoms with Crippen molar-refractivity contribution in [2.24, 2.45) is 5.11 Å². The minimum Gasteiger partial charge on any atom is -0.463 e. The Kier molecular flexibility index (Phi) is 9.14. The third-order valence-electron chi connectivity index (χ3n) is 4.84. The van der Waals surface area contributed by atoms with Gasteiger partial charge in [0, 0.05) is 23.7 Å². The monoisotopic (exact) mass is 471 g/mol. The van der Waals surface area contributed by atoms with E-state index in [1.54, 1.807) is 0 Å². The van der Waals surface area contributed by atoms with E-state index in [9.17, 15) is 15.1 Å². The first-order valence-corrected chi connectivity index (χ1v) is 11.2. The Morgan fingerprint density at radius 1 is 1.03 bits per heavy atom. The van der Waals surface area contributed by atoms with Gasteiger partial charge in [-0.1, -0.05) is 65.4 Å². The van der Waals surface area contributed by atoms with Gasteiger partial charge in [0.2, 0.25) is 0 Å². The normalized spacial score (nSPS) is 24.4. The molecule has 2 aromatic rings. The molecule has 3 rings (SSSR count). The summed E-state index contributed by atoms with van der Waals surface area (Å²) in [5, 5.41) is 3.93. The van der Waals surface area contributed by atoms with Crippen LogP contribution in [-0.2, 0) is 35.1 Å². The van der Waals surface area contributed by atoms with E-state index < -0.39 is 41.7 Å². The zero-order valence-corrected chi connectivity index (χ0v) is 19.1. The van der Waals surface area contributed by atoms with E-state index in [-0.39, 0.29) is 13.2 Å². The van der Waals surface area contributed by atoms with Crippen molar-refractivity contribution >= 4 is 23.7 Å². The van der Waals surface area contributed by atoms with Crippen molar-refractivity contribution in [3.63, 3.8) is 0 Å². The summed E-state index contributed by atoms with van der Waals surface area (Å²) >= 11 is 1.38. The number of thioether (sulfide) groups is 1. The quantitative estimate of drug-likeness (QED) is 0.232. The van der Waals surface area contributed by atoms with E-state index in [2.05, 4.69) is 10.0 Å². The van der Waals surface area contributed by atoms with Crippen LogP contribution in [0.5, 0.6) is 0 Å². The number of carbonyl (C=O) groups excluding carboxylic acids is 2. The van der Waals surface area contributed by atoms with Gasteiger partial charge in [-0.15, -0.1) is 0 Å². The average molecular weight is 472 g/mol. The van der Waals surface area contributed by atoms with Gasteiger partial charge in [0.15, 0.2) is 0 Å². The lowest BCUT2D eigenvalue weighted by atomic mass is 9.97. The molecule has 33 heavy (non-hydrogen) atoms. The van der Waals surface area contributed by atoms with Gasteiger partial charge in [0.25, 0.3) is 0 Å². The van der Waals surface area contributed by atoms with Crippen LogP contribution in [0.25, 0.3) is 10.4 Å². The van der Waals surface area contributed by atoms with Gasteiger partial charge in [-0.2, -0.15) is 0 Å². The van der Waals surface area contributed by atoms with Crippen molar-refractivity contribution in [3.05, 3.63) is 76.7 Å². The Bertz CT molecular complexity index is 971. The van der Waals surface area contributed by atoms with Crippen molar-refractivity contribution in [2.45, 2.75) is 55.1 Å². The Morgan fingerprint density at radius 2 is 1.70 bits per heavy atom. The molecule has 10 heteroatoms. The lowest BCUT2D eigenvalue weighted by molar-refractivity contribution is -0.201. The fraction of sp³-hybridized carbons (Fsp3) is 0.391. The summed E-state index contributed by atoms with van der Waals surface area (Å²) in [6.07, 6.45) is -2.58. The van der Waals surface area contributed by atoms with Crippen LogP contribution in [0.3, 0.4) is 0 Å². The molecule has 9 nitrogen and oxygen atoms in total. The second-order valence-corrected chi connectivity index (χ2v) is 8.48. The fourth-order valence-corrected chi connectivity index (χ4v) is 4.58. The topological polar surface area (TPSA) is 120 Å². The third-order valence-corrected chi connectivity index (χ3v) is 5.99. The molecule has 1 aliphatic rings. The Hall–Kier alpha value is -3.04. The maximum Gasteiger partial charge on any atom is 0.303 e. The molecule has 0 N–H and O–H groups in total. The van der Waals surface area contributed by atoms with Gasteiger partial charge in [-0.25, -0.2) is 0 Å². The molecule has 0 radical (unpaired) electrons. The number of hydrogen-bond acceptors (Lipinski definition) is 8. The first kappa shape index (κ1) is 24.6. The SMILES string of the molecule is CC(=O)OCC1O[C@@H](Sc2ccccc2)C(OCc2ccccc2)[C@@H](N=[N+]=[N-])[C@H]1OC(C)=O. The lowest BCUT2D eigenvalue weighted by Crippen LogP contribution is -2.59.